The molecule has 1 saturated carbocycles. The van der Waals surface area contributed by atoms with Crippen molar-refractivity contribution in [3.05, 3.63) is 11.8 Å². The Kier molecular flexibility index (Phi) is 4.35. The molecule has 1 aromatic rings. The van der Waals surface area contributed by atoms with Crippen molar-refractivity contribution in [2.45, 2.75) is 46.0 Å². The Bertz CT molecular complexity index is 473. The van der Waals surface area contributed by atoms with Gasteiger partial charge < -0.3 is 9.84 Å². The average molecular weight is 266 g/mol. The number of Topliss-reactive ketones (excluding diaryl/α,β-unsaturated/α-hetero) is 1. The number of amides is 1. The maximum Gasteiger partial charge on any atom is 0.229 e. The summed E-state index contributed by atoms with van der Waals surface area (Å²) in [6, 6.07) is 1.68. The monoisotopic (exact) mass is 266 g/mol. The summed E-state index contributed by atoms with van der Waals surface area (Å²) >= 11 is 0. The lowest BCUT2D eigenvalue weighted by molar-refractivity contribution is -0.132. The molecule has 1 amide bonds. The molecule has 1 fully saturated rings. The molecule has 106 valence electrons. The van der Waals surface area contributed by atoms with Gasteiger partial charge in [-0.15, -0.1) is 0 Å². The fourth-order valence-corrected chi connectivity index (χ4v) is 2.74. The number of anilines is 1. The number of rotatable bonds is 4. The summed E-state index contributed by atoms with van der Waals surface area (Å²) in [5.74, 6) is 0.803. The van der Waals surface area contributed by atoms with Crippen LogP contribution >= 0.6 is 0 Å². The number of aromatic nitrogens is 1. The summed E-state index contributed by atoms with van der Waals surface area (Å²) in [4.78, 5) is 24.2. The third-order valence-corrected chi connectivity index (χ3v) is 3.74. The van der Waals surface area contributed by atoms with Gasteiger partial charge in [-0.1, -0.05) is 24.9 Å². The standard InChI is InChI=1S/C14H20N2O3.H2/c1-3-12(17)10-6-4-5-7-11(10)14(18)15-13-8-9(2)19-16-13;/h8,10-11H,3-7H2,1-2H3,(H,15,16,18);1H. The summed E-state index contributed by atoms with van der Waals surface area (Å²) in [6.07, 6.45) is 4.13. The lowest BCUT2D eigenvalue weighted by atomic mass is 9.76. The fourth-order valence-electron chi connectivity index (χ4n) is 2.74. The second kappa shape index (κ2) is 5.99. The van der Waals surface area contributed by atoms with Crippen LogP contribution in [0.4, 0.5) is 5.82 Å². The Morgan fingerprint density at radius 3 is 2.68 bits per heavy atom. The zero-order valence-electron chi connectivity index (χ0n) is 11.4. The molecular weight excluding hydrogens is 244 g/mol. The van der Waals surface area contributed by atoms with Gasteiger partial charge in [0, 0.05) is 25.7 Å². The quantitative estimate of drug-likeness (QED) is 0.909. The maximum atomic E-state index is 12.3. The predicted molar refractivity (Wildman–Crippen MR) is 72.7 cm³/mol. The van der Waals surface area contributed by atoms with Gasteiger partial charge in [0.1, 0.15) is 11.5 Å². The van der Waals surface area contributed by atoms with Gasteiger partial charge in [0.2, 0.25) is 5.91 Å². The number of nitrogens with zero attached hydrogens (tertiary/aromatic N) is 1. The van der Waals surface area contributed by atoms with Crippen molar-refractivity contribution in [2.75, 3.05) is 5.32 Å². The largest absolute Gasteiger partial charge is 0.360 e. The van der Waals surface area contributed by atoms with E-state index in [0.29, 0.717) is 18.0 Å². The molecule has 2 unspecified atom stereocenters. The van der Waals surface area contributed by atoms with E-state index in [0.717, 1.165) is 25.7 Å². The van der Waals surface area contributed by atoms with E-state index in [1.165, 1.54) is 0 Å². The lowest BCUT2D eigenvalue weighted by Gasteiger charge is -2.28. The van der Waals surface area contributed by atoms with Crippen molar-refractivity contribution in [1.82, 2.24) is 5.16 Å². The van der Waals surface area contributed by atoms with Crippen LogP contribution in [0.3, 0.4) is 0 Å². The molecule has 1 aliphatic rings. The molecule has 5 heteroatoms. The highest BCUT2D eigenvalue weighted by atomic mass is 16.5. The number of hydrogen-bond acceptors (Lipinski definition) is 4. The van der Waals surface area contributed by atoms with Gasteiger partial charge in [-0.25, -0.2) is 0 Å². The van der Waals surface area contributed by atoms with Crippen LogP contribution in [0.5, 0.6) is 0 Å². The zero-order chi connectivity index (χ0) is 13.8. The lowest BCUT2D eigenvalue weighted by Crippen LogP contribution is -2.36. The number of hydrogen-bond donors (Lipinski definition) is 1. The molecule has 0 radical (unpaired) electrons. The molecule has 1 aromatic heterocycles. The minimum atomic E-state index is -0.224. The van der Waals surface area contributed by atoms with E-state index in [2.05, 4.69) is 10.5 Å². The Hall–Kier alpha value is -1.65. The van der Waals surface area contributed by atoms with Crippen LogP contribution in [-0.4, -0.2) is 16.8 Å². The number of carbonyl (C=O) groups excluding carboxylic acids is 2. The number of nitrogens with one attached hydrogen (secondary N) is 1. The van der Waals surface area contributed by atoms with E-state index >= 15 is 0 Å². The van der Waals surface area contributed by atoms with Crippen molar-refractivity contribution in [3.8, 4) is 0 Å². The Morgan fingerprint density at radius 2 is 2.11 bits per heavy atom. The minimum Gasteiger partial charge on any atom is -0.360 e. The molecule has 0 aliphatic heterocycles. The highest BCUT2D eigenvalue weighted by Gasteiger charge is 2.34. The number of aryl methyl sites for hydroxylation is 1. The summed E-state index contributed by atoms with van der Waals surface area (Å²) in [5, 5.41) is 6.49. The van der Waals surface area contributed by atoms with Crippen LogP contribution in [-0.2, 0) is 9.59 Å². The molecular formula is C14H22N2O3. The van der Waals surface area contributed by atoms with E-state index in [1.807, 2.05) is 6.92 Å². The Labute approximate surface area is 114 Å². The molecule has 0 spiro atoms. The van der Waals surface area contributed by atoms with E-state index in [1.54, 1.807) is 13.0 Å². The van der Waals surface area contributed by atoms with Gasteiger partial charge in [0.25, 0.3) is 0 Å². The van der Waals surface area contributed by atoms with Crippen molar-refractivity contribution in [1.29, 1.82) is 0 Å². The topological polar surface area (TPSA) is 72.2 Å². The first-order valence-corrected chi connectivity index (χ1v) is 6.88. The van der Waals surface area contributed by atoms with Gasteiger partial charge in [-0.2, -0.15) is 0 Å². The molecule has 1 heterocycles. The third kappa shape index (κ3) is 3.22. The molecule has 0 saturated heterocycles. The SMILES string of the molecule is CCC(=O)C1CCCCC1C(=O)Nc1cc(C)on1.[HH]. The highest BCUT2D eigenvalue weighted by molar-refractivity contribution is 5.95. The van der Waals surface area contributed by atoms with Crippen LogP contribution < -0.4 is 5.32 Å². The van der Waals surface area contributed by atoms with Gasteiger partial charge in [-0.3, -0.25) is 9.59 Å². The Morgan fingerprint density at radius 1 is 1.42 bits per heavy atom. The van der Waals surface area contributed by atoms with Gasteiger partial charge >= 0.3 is 0 Å². The smallest absolute Gasteiger partial charge is 0.229 e. The molecule has 5 nitrogen and oxygen atoms in total. The van der Waals surface area contributed by atoms with E-state index in [9.17, 15) is 9.59 Å². The van der Waals surface area contributed by atoms with Crippen molar-refractivity contribution < 1.29 is 15.5 Å². The predicted octanol–water partition coefficient (Wildman–Crippen LogP) is 2.95. The minimum absolute atomic E-state index is 0. The summed E-state index contributed by atoms with van der Waals surface area (Å²) < 4.78 is 4.92. The zero-order valence-corrected chi connectivity index (χ0v) is 11.4. The van der Waals surface area contributed by atoms with E-state index in [-0.39, 0.29) is 25.0 Å². The van der Waals surface area contributed by atoms with Crippen LogP contribution in [0.15, 0.2) is 10.6 Å². The van der Waals surface area contributed by atoms with E-state index in [4.69, 9.17) is 4.52 Å². The van der Waals surface area contributed by atoms with Crippen molar-refractivity contribution in [2.24, 2.45) is 11.8 Å². The number of ketones is 1. The highest BCUT2D eigenvalue weighted by Crippen LogP contribution is 2.32. The van der Waals surface area contributed by atoms with Crippen molar-refractivity contribution in [3.63, 3.8) is 0 Å². The van der Waals surface area contributed by atoms with Crippen LogP contribution in [0, 0.1) is 18.8 Å². The number of carbonyl (C=O) groups is 2. The molecule has 0 aromatic carbocycles. The molecule has 2 atom stereocenters. The molecule has 0 bridgehead atoms. The molecule has 2 rings (SSSR count). The fraction of sp³-hybridized carbons (Fsp3) is 0.643. The van der Waals surface area contributed by atoms with Gasteiger partial charge in [-0.05, 0) is 19.8 Å². The summed E-state index contributed by atoms with van der Waals surface area (Å²) in [7, 11) is 0. The second-order valence-corrected chi connectivity index (χ2v) is 5.13. The van der Waals surface area contributed by atoms with Crippen LogP contribution in [0.1, 0.15) is 46.2 Å². The first-order chi connectivity index (χ1) is 9.11. The van der Waals surface area contributed by atoms with Crippen molar-refractivity contribution >= 4 is 17.5 Å². The van der Waals surface area contributed by atoms with Crippen LogP contribution in [0.2, 0.25) is 0 Å². The van der Waals surface area contributed by atoms with Gasteiger partial charge in [0.15, 0.2) is 5.82 Å². The molecule has 1 N–H and O–H groups in total. The molecule has 19 heavy (non-hydrogen) atoms. The summed E-state index contributed by atoms with van der Waals surface area (Å²) in [5.41, 5.74) is 0. The normalized spacial score (nSPS) is 23.1. The first-order valence-electron chi connectivity index (χ1n) is 6.88. The van der Waals surface area contributed by atoms with Crippen LogP contribution in [0.25, 0.3) is 0 Å². The average Bonchev–Trinajstić information content (AvgIpc) is 2.83. The third-order valence-electron chi connectivity index (χ3n) is 3.74. The second-order valence-electron chi connectivity index (χ2n) is 5.13. The summed E-state index contributed by atoms with van der Waals surface area (Å²) in [6.45, 7) is 3.62. The van der Waals surface area contributed by atoms with Gasteiger partial charge in [0.05, 0.1) is 0 Å². The Balaban J connectivity index is 0.00000200. The molecule has 1 aliphatic carbocycles. The maximum absolute atomic E-state index is 12.3. The first kappa shape index (κ1) is 13.8. The van der Waals surface area contributed by atoms with E-state index < -0.39 is 0 Å².